The third-order valence-electron chi connectivity index (χ3n) is 4.06. The molecule has 0 N–H and O–H groups in total. The molecule has 1 saturated heterocycles. The summed E-state index contributed by atoms with van der Waals surface area (Å²) in [6.45, 7) is 3.79. The number of piperazine rings is 1. The van der Waals surface area contributed by atoms with Crippen LogP contribution in [0.15, 0.2) is 18.2 Å². The van der Waals surface area contributed by atoms with Crippen LogP contribution < -0.4 is 4.90 Å². The van der Waals surface area contributed by atoms with Crippen LogP contribution in [0.4, 0.5) is 5.95 Å². The van der Waals surface area contributed by atoms with Crippen LogP contribution in [-0.4, -0.2) is 51.9 Å². The van der Waals surface area contributed by atoms with Crippen molar-refractivity contribution in [2.24, 2.45) is 0 Å². The van der Waals surface area contributed by atoms with E-state index >= 15 is 0 Å². The lowest BCUT2D eigenvalue weighted by atomic mass is 10.2. The molecule has 3 rings (SSSR count). The zero-order valence-electron chi connectivity index (χ0n) is 14.1. The van der Waals surface area contributed by atoms with E-state index in [1.54, 1.807) is 30.0 Å². The van der Waals surface area contributed by atoms with E-state index in [1.807, 2.05) is 4.90 Å². The summed E-state index contributed by atoms with van der Waals surface area (Å²) in [5.74, 6) is 0.723. The maximum absolute atomic E-state index is 11.5. The normalized spacial score (nSPS) is 15.2. The van der Waals surface area contributed by atoms with E-state index in [1.165, 1.54) is 0 Å². The van der Waals surface area contributed by atoms with E-state index in [2.05, 4.69) is 15.0 Å². The van der Waals surface area contributed by atoms with E-state index in [0.29, 0.717) is 53.6 Å². The Hall–Kier alpha value is -1.05. The molecular weight excluding hydrogens is 455 g/mol. The van der Waals surface area contributed by atoms with Crippen LogP contribution >= 0.6 is 58.0 Å². The summed E-state index contributed by atoms with van der Waals surface area (Å²) in [7, 11) is 0. The predicted octanol–water partition coefficient (Wildman–Crippen LogP) is 4.34. The van der Waals surface area contributed by atoms with Crippen LogP contribution in [-0.2, 0) is 8.59 Å². The third-order valence-corrected chi connectivity index (χ3v) is 5.31. The first-order valence-electron chi connectivity index (χ1n) is 7.94. The average Bonchev–Trinajstić information content (AvgIpc) is 2.63. The molecule has 1 aromatic carbocycles. The second-order valence-electron chi connectivity index (χ2n) is 5.90. The number of rotatable bonds is 2. The van der Waals surface area contributed by atoms with Gasteiger partial charge in [-0.2, -0.15) is 9.97 Å². The number of aromatic nitrogens is 3. The molecule has 0 radical (unpaired) electrons. The van der Waals surface area contributed by atoms with Gasteiger partial charge in [-0.1, -0.05) is 58.0 Å². The van der Waals surface area contributed by atoms with Crippen molar-refractivity contribution in [2.75, 3.05) is 31.1 Å². The molecule has 6 nitrogen and oxygen atoms in total. The number of carbonyl (C=O) groups is 1. The van der Waals surface area contributed by atoms with Crippen molar-refractivity contribution in [3.05, 3.63) is 34.1 Å². The number of anilines is 1. The molecule has 0 spiro atoms. The highest BCUT2D eigenvalue weighted by molar-refractivity contribution is 6.66. The highest BCUT2D eigenvalue weighted by Gasteiger charge is 2.30. The number of hydrogen-bond acceptors (Lipinski definition) is 5. The summed E-state index contributed by atoms with van der Waals surface area (Å²) in [6.07, 6.45) is 0. The van der Waals surface area contributed by atoms with Crippen LogP contribution in [0.2, 0.25) is 10.0 Å². The number of alkyl halides is 3. The Morgan fingerprint density at radius 2 is 1.67 bits per heavy atom. The Labute approximate surface area is 181 Å². The second-order valence-corrected chi connectivity index (χ2v) is 9.00. The minimum absolute atomic E-state index is 0.00701. The molecule has 1 aromatic heterocycles. The molecule has 0 saturated carbocycles. The fourth-order valence-electron chi connectivity index (χ4n) is 2.62. The number of hydrogen-bond donors (Lipinski definition) is 0. The van der Waals surface area contributed by atoms with Gasteiger partial charge in [0.05, 0.1) is 10.0 Å². The molecule has 11 heteroatoms. The Morgan fingerprint density at radius 1 is 1.00 bits per heavy atom. The van der Waals surface area contributed by atoms with Crippen molar-refractivity contribution in [1.82, 2.24) is 19.9 Å². The van der Waals surface area contributed by atoms with Gasteiger partial charge in [-0.3, -0.25) is 4.79 Å². The van der Waals surface area contributed by atoms with Crippen molar-refractivity contribution in [1.29, 1.82) is 0 Å². The van der Waals surface area contributed by atoms with Crippen LogP contribution in [0.25, 0.3) is 11.4 Å². The monoisotopic (exact) mass is 467 g/mol. The first-order chi connectivity index (χ1) is 12.6. The van der Waals surface area contributed by atoms with Gasteiger partial charge in [0.25, 0.3) is 0 Å². The second kappa shape index (κ2) is 8.13. The van der Waals surface area contributed by atoms with Crippen molar-refractivity contribution < 1.29 is 4.79 Å². The van der Waals surface area contributed by atoms with Crippen molar-refractivity contribution in [2.45, 2.75) is 10.7 Å². The molecule has 0 bridgehead atoms. The van der Waals surface area contributed by atoms with Crippen LogP contribution in [0, 0.1) is 0 Å². The molecule has 0 aliphatic carbocycles. The van der Waals surface area contributed by atoms with Gasteiger partial charge in [0.15, 0.2) is 11.6 Å². The summed E-state index contributed by atoms with van der Waals surface area (Å²) in [5.41, 5.74) is 0.617. The van der Waals surface area contributed by atoms with E-state index < -0.39 is 3.79 Å². The average molecular weight is 470 g/mol. The minimum Gasteiger partial charge on any atom is -0.339 e. The summed E-state index contributed by atoms with van der Waals surface area (Å²) in [4.78, 5) is 28.3. The minimum atomic E-state index is -1.82. The van der Waals surface area contributed by atoms with Crippen LogP contribution in [0.1, 0.15) is 12.7 Å². The lowest BCUT2D eigenvalue weighted by Crippen LogP contribution is -2.48. The highest BCUT2D eigenvalue weighted by Crippen LogP contribution is 2.37. The Kier molecular flexibility index (Phi) is 6.23. The van der Waals surface area contributed by atoms with E-state index in [9.17, 15) is 4.79 Å². The summed E-state index contributed by atoms with van der Waals surface area (Å²) in [5, 5.41) is 0.776. The first kappa shape index (κ1) is 20.7. The third kappa shape index (κ3) is 4.87. The smallest absolute Gasteiger partial charge is 0.250 e. The summed E-state index contributed by atoms with van der Waals surface area (Å²) >= 11 is 30.1. The molecular formula is C16H14Cl5N5O. The van der Waals surface area contributed by atoms with Gasteiger partial charge in [-0.15, -0.1) is 0 Å². The molecule has 1 amide bonds. The Balaban J connectivity index is 1.99. The van der Waals surface area contributed by atoms with E-state index in [4.69, 9.17) is 58.0 Å². The van der Waals surface area contributed by atoms with Gasteiger partial charge in [0.1, 0.15) is 0 Å². The molecule has 1 aliphatic rings. The topological polar surface area (TPSA) is 62.2 Å². The molecule has 2 heterocycles. The Morgan fingerprint density at radius 3 is 2.22 bits per heavy atom. The maximum atomic E-state index is 11.5. The zero-order chi connectivity index (χ0) is 19.8. The number of amides is 1. The summed E-state index contributed by atoms with van der Waals surface area (Å²) in [6, 6.07) is 5.01. The van der Waals surface area contributed by atoms with Gasteiger partial charge < -0.3 is 9.80 Å². The number of carbonyl (C=O) groups excluding carboxylic acids is 1. The van der Waals surface area contributed by atoms with Gasteiger partial charge >= 0.3 is 0 Å². The first-order valence-corrected chi connectivity index (χ1v) is 9.83. The largest absolute Gasteiger partial charge is 0.339 e. The van der Waals surface area contributed by atoms with E-state index in [-0.39, 0.29) is 11.7 Å². The zero-order valence-corrected chi connectivity index (χ0v) is 17.9. The lowest BCUT2D eigenvalue weighted by Gasteiger charge is -2.34. The summed E-state index contributed by atoms with van der Waals surface area (Å²) < 4.78 is -1.82. The fourth-order valence-corrected chi connectivity index (χ4v) is 3.17. The standard InChI is InChI=1S/C16H14Cl5N5O/c1-9(27)25-4-6-26(7-5-25)15-23-13(22-14(24-15)16(19,20)21)10-2-3-11(17)12(18)8-10/h2-3,8H,4-7H2,1H3. The van der Waals surface area contributed by atoms with Gasteiger partial charge in [0, 0.05) is 38.7 Å². The highest BCUT2D eigenvalue weighted by atomic mass is 35.6. The molecule has 0 unspecified atom stereocenters. The van der Waals surface area contributed by atoms with Crippen molar-refractivity contribution in [3.63, 3.8) is 0 Å². The Bertz CT molecular complexity index is 865. The number of benzene rings is 1. The fraction of sp³-hybridized carbons (Fsp3) is 0.375. The predicted molar refractivity (Wildman–Crippen MR) is 109 cm³/mol. The van der Waals surface area contributed by atoms with Crippen molar-refractivity contribution in [3.8, 4) is 11.4 Å². The van der Waals surface area contributed by atoms with Gasteiger partial charge in [-0.25, -0.2) is 4.98 Å². The van der Waals surface area contributed by atoms with Gasteiger partial charge in [0.2, 0.25) is 15.6 Å². The maximum Gasteiger partial charge on any atom is 0.250 e. The number of nitrogens with zero attached hydrogens (tertiary/aromatic N) is 5. The van der Waals surface area contributed by atoms with Gasteiger partial charge in [-0.05, 0) is 18.2 Å². The lowest BCUT2D eigenvalue weighted by molar-refractivity contribution is -0.129. The van der Waals surface area contributed by atoms with Crippen LogP contribution in [0.3, 0.4) is 0 Å². The van der Waals surface area contributed by atoms with Crippen molar-refractivity contribution >= 4 is 69.9 Å². The molecule has 1 aliphatic heterocycles. The molecule has 1 fully saturated rings. The molecule has 0 atom stereocenters. The van der Waals surface area contributed by atoms with Crippen LogP contribution in [0.5, 0.6) is 0 Å². The van der Waals surface area contributed by atoms with E-state index in [0.717, 1.165) is 0 Å². The molecule has 144 valence electrons. The molecule has 2 aromatic rings. The number of halogens is 5. The SMILES string of the molecule is CC(=O)N1CCN(c2nc(-c3ccc(Cl)c(Cl)c3)nc(C(Cl)(Cl)Cl)n2)CC1. The molecule has 27 heavy (non-hydrogen) atoms. The quantitative estimate of drug-likeness (QED) is 0.613.